The third kappa shape index (κ3) is 5.59. The number of amides is 2. The van der Waals surface area contributed by atoms with E-state index in [1.165, 1.54) is 17.3 Å². The number of amidine groups is 1. The van der Waals surface area contributed by atoms with Crippen molar-refractivity contribution in [3.05, 3.63) is 40.5 Å². The van der Waals surface area contributed by atoms with Crippen LogP contribution in [0.1, 0.15) is 56.7 Å². The zero-order chi connectivity index (χ0) is 22.1. The zero-order valence-electron chi connectivity index (χ0n) is 18.5. The Balaban J connectivity index is 1.64. The number of hydrogen-bond acceptors (Lipinski definition) is 5. The van der Waals surface area contributed by atoms with Crippen molar-refractivity contribution in [3.63, 3.8) is 0 Å². The highest BCUT2D eigenvalue weighted by Gasteiger charge is 2.32. The Hall–Kier alpha value is -2.41. The molecule has 30 heavy (non-hydrogen) atoms. The van der Waals surface area contributed by atoms with Gasteiger partial charge < -0.3 is 10.6 Å². The number of nitrogens with one attached hydrogen (secondary N) is 2. The monoisotopic (exact) mass is 426 g/mol. The van der Waals surface area contributed by atoms with E-state index in [4.69, 9.17) is 0 Å². The quantitative estimate of drug-likeness (QED) is 0.688. The minimum Gasteiger partial charge on any atom is -0.326 e. The van der Waals surface area contributed by atoms with Crippen molar-refractivity contribution in [2.24, 2.45) is 15.6 Å². The third-order valence-corrected chi connectivity index (χ3v) is 6.26. The zero-order valence-corrected chi connectivity index (χ0v) is 19.4. The van der Waals surface area contributed by atoms with Crippen LogP contribution in [0.2, 0.25) is 0 Å². The Morgan fingerprint density at radius 1 is 1.17 bits per heavy atom. The van der Waals surface area contributed by atoms with E-state index in [2.05, 4.69) is 47.7 Å². The first-order valence-electron chi connectivity index (χ1n) is 10.2. The number of anilines is 1. The van der Waals surface area contributed by atoms with Gasteiger partial charge in [0, 0.05) is 12.1 Å². The van der Waals surface area contributed by atoms with E-state index in [-0.39, 0.29) is 23.7 Å². The SMILES string of the molecule is CC1=C/C(=N/N=C2\NC(=O)[C@@H](CC(=O)Nc3c(C)cc(C)cc3C)S2)CC(C)(C)C1. The Labute approximate surface area is 182 Å². The van der Waals surface area contributed by atoms with Crippen LogP contribution >= 0.6 is 11.8 Å². The van der Waals surface area contributed by atoms with Crippen LogP contribution in [-0.4, -0.2) is 27.9 Å². The van der Waals surface area contributed by atoms with E-state index < -0.39 is 5.25 Å². The van der Waals surface area contributed by atoms with Crippen molar-refractivity contribution in [1.29, 1.82) is 0 Å². The van der Waals surface area contributed by atoms with Crippen LogP contribution in [0.15, 0.2) is 34.0 Å². The molecule has 7 heteroatoms. The van der Waals surface area contributed by atoms with E-state index in [1.54, 1.807) is 0 Å². The van der Waals surface area contributed by atoms with Gasteiger partial charge in [-0.25, -0.2) is 0 Å². The van der Waals surface area contributed by atoms with E-state index in [1.807, 2.05) is 32.9 Å². The predicted molar refractivity (Wildman–Crippen MR) is 125 cm³/mol. The number of nitrogens with zero attached hydrogens (tertiary/aromatic N) is 2. The van der Waals surface area contributed by atoms with Gasteiger partial charge in [-0.1, -0.05) is 48.9 Å². The van der Waals surface area contributed by atoms with Gasteiger partial charge in [0.15, 0.2) is 5.17 Å². The third-order valence-electron chi connectivity index (χ3n) is 5.19. The molecule has 1 fully saturated rings. The molecule has 1 aliphatic heterocycles. The Kier molecular flexibility index (Phi) is 6.50. The topological polar surface area (TPSA) is 82.9 Å². The molecule has 2 aliphatic rings. The summed E-state index contributed by atoms with van der Waals surface area (Å²) in [7, 11) is 0. The van der Waals surface area contributed by atoms with Crippen molar-refractivity contribution in [3.8, 4) is 0 Å². The summed E-state index contributed by atoms with van der Waals surface area (Å²) < 4.78 is 0. The first kappa shape index (κ1) is 22.3. The number of aryl methyl sites for hydroxylation is 3. The molecule has 1 atom stereocenters. The smallest absolute Gasteiger partial charge is 0.240 e. The highest BCUT2D eigenvalue weighted by molar-refractivity contribution is 8.15. The molecule has 6 nitrogen and oxygen atoms in total. The van der Waals surface area contributed by atoms with Crippen LogP contribution in [0, 0.1) is 26.2 Å². The fraction of sp³-hybridized carbons (Fsp3) is 0.478. The van der Waals surface area contributed by atoms with Crippen LogP contribution in [0.25, 0.3) is 0 Å². The maximum absolute atomic E-state index is 12.5. The number of rotatable bonds is 4. The first-order valence-corrected chi connectivity index (χ1v) is 11.1. The van der Waals surface area contributed by atoms with Crippen molar-refractivity contribution < 1.29 is 9.59 Å². The summed E-state index contributed by atoms with van der Waals surface area (Å²) in [5.74, 6) is -0.389. The summed E-state index contributed by atoms with van der Waals surface area (Å²) in [4.78, 5) is 24.8. The number of allylic oxidation sites excluding steroid dienone is 2. The lowest BCUT2D eigenvalue weighted by atomic mass is 9.77. The summed E-state index contributed by atoms with van der Waals surface area (Å²) in [5.41, 5.74) is 6.36. The van der Waals surface area contributed by atoms with Gasteiger partial charge in [0.1, 0.15) is 5.25 Å². The molecule has 0 radical (unpaired) electrons. The van der Waals surface area contributed by atoms with Gasteiger partial charge in [-0.3, -0.25) is 9.59 Å². The molecular formula is C23H30N4O2S. The van der Waals surface area contributed by atoms with Crippen molar-refractivity contribution in [2.45, 2.75) is 66.1 Å². The highest BCUT2D eigenvalue weighted by atomic mass is 32.2. The summed E-state index contributed by atoms with van der Waals surface area (Å²) in [5, 5.41) is 14.2. The maximum atomic E-state index is 12.5. The minimum atomic E-state index is -0.505. The van der Waals surface area contributed by atoms with Gasteiger partial charge in [-0.15, -0.1) is 5.10 Å². The van der Waals surface area contributed by atoms with E-state index in [0.29, 0.717) is 5.17 Å². The first-order chi connectivity index (χ1) is 14.0. The van der Waals surface area contributed by atoms with Gasteiger partial charge in [-0.2, -0.15) is 5.10 Å². The van der Waals surface area contributed by atoms with Crippen molar-refractivity contribution in [2.75, 3.05) is 5.32 Å². The van der Waals surface area contributed by atoms with Crippen LogP contribution in [-0.2, 0) is 9.59 Å². The van der Waals surface area contributed by atoms with Gasteiger partial charge >= 0.3 is 0 Å². The average molecular weight is 427 g/mol. The van der Waals surface area contributed by atoms with Crippen LogP contribution in [0.3, 0.4) is 0 Å². The number of hydrogen-bond donors (Lipinski definition) is 2. The summed E-state index contributed by atoms with van der Waals surface area (Å²) >= 11 is 1.26. The van der Waals surface area contributed by atoms with Crippen LogP contribution in [0.5, 0.6) is 0 Å². The second kappa shape index (κ2) is 8.76. The van der Waals surface area contributed by atoms with Gasteiger partial charge in [0.05, 0.1) is 5.71 Å². The van der Waals surface area contributed by atoms with Gasteiger partial charge in [0.25, 0.3) is 0 Å². The maximum Gasteiger partial charge on any atom is 0.240 e. The molecule has 0 unspecified atom stereocenters. The Bertz CT molecular complexity index is 952. The van der Waals surface area contributed by atoms with E-state index >= 15 is 0 Å². The summed E-state index contributed by atoms with van der Waals surface area (Å²) in [6.45, 7) is 12.5. The second-order valence-corrected chi connectivity index (χ2v) is 10.3. The molecule has 2 N–H and O–H groups in total. The van der Waals surface area contributed by atoms with E-state index in [9.17, 15) is 9.59 Å². The molecule has 3 rings (SSSR count). The molecule has 0 bridgehead atoms. The van der Waals surface area contributed by atoms with Gasteiger partial charge in [-0.05, 0) is 63.2 Å². The fourth-order valence-corrected chi connectivity index (χ4v) is 5.11. The second-order valence-electron chi connectivity index (χ2n) is 9.13. The molecule has 0 spiro atoms. The molecular weight excluding hydrogens is 396 g/mol. The molecule has 1 heterocycles. The fourth-order valence-electron chi connectivity index (χ4n) is 4.19. The molecule has 0 aromatic heterocycles. The number of thioether (sulfide) groups is 1. The molecule has 0 saturated carbocycles. The summed E-state index contributed by atoms with van der Waals surface area (Å²) in [6, 6.07) is 4.07. The van der Waals surface area contributed by atoms with Crippen LogP contribution in [0.4, 0.5) is 5.69 Å². The van der Waals surface area contributed by atoms with Crippen molar-refractivity contribution >= 4 is 40.1 Å². The highest BCUT2D eigenvalue weighted by Crippen LogP contribution is 2.34. The molecule has 1 saturated heterocycles. The molecule has 1 aromatic rings. The molecule has 1 aliphatic carbocycles. The van der Waals surface area contributed by atoms with E-state index in [0.717, 1.165) is 40.9 Å². The Morgan fingerprint density at radius 2 is 1.83 bits per heavy atom. The predicted octanol–water partition coefficient (Wildman–Crippen LogP) is 4.65. The average Bonchev–Trinajstić information content (AvgIpc) is 2.94. The lowest BCUT2D eigenvalue weighted by molar-refractivity contribution is -0.122. The normalized spacial score (nSPS) is 23.5. The van der Waals surface area contributed by atoms with Gasteiger partial charge in [0.2, 0.25) is 11.8 Å². The molecule has 2 amide bonds. The lowest BCUT2D eigenvalue weighted by Crippen LogP contribution is -2.28. The lowest BCUT2D eigenvalue weighted by Gasteiger charge is -2.28. The number of carbonyl (C=O) groups is 2. The molecule has 160 valence electrons. The number of benzene rings is 1. The minimum absolute atomic E-state index is 0.0882. The largest absolute Gasteiger partial charge is 0.326 e. The molecule has 1 aromatic carbocycles. The van der Waals surface area contributed by atoms with Crippen LogP contribution < -0.4 is 10.6 Å². The standard InChI is InChI=1S/C23H30N4O2S/c1-13-7-15(3)20(16(4)8-13)24-19(28)10-18-21(29)25-22(30-18)27-26-17-9-14(2)11-23(5,6)12-17/h7-9,18H,10-12H2,1-6H3,(H,24,28)(H,25,27,29)/b26-17-/t18-/m1/s1. The van der Waals surface area contributed by atoms with Crippen molar-refractivity contribution in [1.82, 2.24) is 5.32 Å². The summed E-state index contributed by atoms with van der Waals surface area (Å²) in [6.07, 6.45) is 4.05. The number of carbonyl (C=O) groups excluding carboxylic acids is 2. The Morgan fingerprint density at radius 3 is 2.47 bits per heavy atom.